The second-order valence-corrected chi connectivity index (χ2v) is 3.44. The van der Waals surface area contributed by atoms with Crippen LogP contribution in [0.1, 0.15) is 32.1 Å². The fraction of sp³-hybridized carbons (Fsp3) is 0.300. The minimum Gasteiger partial charge on any atom is -0.386 e. The molecule has 0 bridgehead atoms. The lowest BCUT2D eigenvalue weighted by molar-refractivity contribution is 0.0879. The predicted molar refractivity (Wildman–Crippen MR) is 55.1 cm³/mol. The van der Waals surface area contributed by atoms with Crippen molar-refractivity contribution in [1.82, 2.24) is 10.3 Å². The maximum Gasteiger partial charge on any atom is 0.261 e. The summed E-state index contributed by atoms with van der Waals surface area (Å²) in [6.07, 6.45) is 0. The lowest BCUT2D eigenvalue weighted by atomic mass is 10.1. The quantitative estimate of drug-likeness (QED) is 0.659. The molecule has 0 unspecified atom stereocenters. The maximum absolute atomic E-state index is 11.6. The predicted octanol–water partition coefficient (Wildman–Crippen LogP) is 0.624. The third-order valence-electron chi connectivity index (χ3n) is 2.49. The van der Waals surface area contributed by atoms with Crippen molar-refractivity contribution in [3.05, 3.63) is 22.5 Å². The van der Waals surface area contributed by atoms with E-state index in [1.165, 1.54) is 0 Å². The van der Waals surface area contributed by atoms with Gasteiger partial charge in [0.25, 0.3) is 11.8 Å². The molecule has 1 aromatic rings. The Kier molecular flexibility index (Phi) is 1.96. The van der Waals surface area contributed by atoms with E-state index in [1.54, 1.807) is 20.9 Å². The lowest BCUT2D eigenvalue weighted by Gasteiger charge is -2.09. The van der Waals surface area contributed by atoms with E-state index >= 15 is 0 Å². The Hall–Kier alpha value is -1.91. The van der Waals surface area contributed by atoms with Crippen LogP contribution in [0.4, 0.5) is 5.69 Å². The first-order valence-corrected chi connectivity index (χ1v) is 4.61. The number of hydrogen-bond donors (Lipinski definition) is 2. The highest BCUT2D eigenvalue weighted by Gasteiger charge is 2.32. The van der Waals surface area contributed by atoms with Gasteiger partial charge in [-0.1, -0.05) is 0 Å². The van der Waals surface area contributed by atoms with Gasteiger partial charge in [-0.05, 0) is 13.8 Å². The monoisotopic (exact) mass is 205 g/mol. The summed E-state index contributed by atoms with van der Waals surface area (Å²) in [5.74, 6) is -0.718. The normalized spacial score (nSPS) is 13.8. The summed E-state index contributed by atoms with van der Waals surface area (Å²) < 4.78 is 0. The number of hydrogen-bond acceptors (Lipinski definition) is 4. The summed E-state index contributed by atoms with van der Waals surface area (Å²) in [6.45, 7) is 3.53. The van der Waals surface area contributed by atoms with E-state index < -0.39 is 0 Å². The average Bonchev–Trinajstić information content (AvgIpc) is 2.43. The summed E-state index contributed by atoms with van der Waals surface area (Å²) in [5, 5.41) is 5.17. The van der Waals surface area contributed by atoms with Gasteiger partial charge >= 0.3 is 0 Å². The number of carbonyl (C=O) groups excluding carboxylic acids is 2. The molecule has 0 saturated carbocycles. The van der Waals surface area contributed by atoms with Crippen LogP contribution in [-0.4, -0.2) is 23.8 Å². The molecule has 5 heteroatoms. The van der Waals surface area contributed by atoms with Gasteiger partial charge in [0, 0.05) is 7.05 Å². The zero-order valence-electron chi connectivity index (χ0n) is 8.76. The molecule has 0 fully saturated rings. The van der Waals surface area contributed by atoms with Crippen LogP contribution >= 0.6 is 0 Å². The van der Waals surface area contributed by atoms with E-state index in [1.807, 2.05) is 0 Å². The smallest absolute Gasteiger partial charge is 0.261 e. The first-order valence-electron chi connectivity index (χ1n) is 4.61. The van der Waals surface area contributed by atoms with Crippen molar-refractivity contribution in [3.8, 4) is 0 Å². The second kappa shape index (κ2) is 3.05. The van der Waals surface area contributed by atoms with Crippen LogP contribution in [0.2, 0.25) is 0 Å². The highest BCUT2D eigenvalue weighted by molar-refractivity contribution is 6.24. The Morgan fingerprint density at radius 3 is 2.27 bits per heavy atom. The van der Waals surface area contributed by atoms with E-state index in [-0.39, 0.29) is 11.8 Å². The molecular formula is C10H11N3O2. The fourth-order valence-electron chi connectivity index (χ4n) is 1.89. The molecule has 2 amide bonds. The van der Waals surface area contributed by atoms with E-state index in [2.05, 4.69) is 15.6 Å². The van der Waals surface area contributed by atoms with Crippen molar-refractivity contribution in [2.75, 3.05) is 12.4 Å². The summed E-state index contributed by atoms with van der Waals surface area (Å²) in [7, 11) is 1.70. The van der Waals surface area contributed by atoms with Crippen LogP contribution in [0.15, 0.2) is 0 Å². The standard InChI is InChI=1S/C10H11N3O2/c1-4-6-7(10(15)13-9(6)14)8(11-3)5(2)12-4/h11H,1-3H3,(H,13,14,15). The SMILES string of the molecule is CNc1c(C)nc(C)c2c1C(=O)NC2=O. The molecule has 78 valence electrons. The van der Waals surface area contributed by atoms with Crippen LogP contribution in [0, 0.1) is 13.8 Å². The molecule has 1 aliphatic heterocycles. The number of pyridine rings is 1. The van der Waals surface area contributed by atoms with Crippen LogP contribution in [0.5, 0.6) is 0 Å². The molecule has 2 rings (SSSR count). The zero-order valence-corrected chi connectivity index (χ0v) is 8.76. The topological polar surface area (TPSA) is 71.1 Å². The molecule has 0 spiro atoms. The molecule has 0 saturated heterocycles. The summed E-state index contributed by atoms with van der Waals surface area (Å²) in [5.41, 5.74) is 2.73. The van der Waals surface area contributed by atoms with Crippen LogP contribution < -0.4 is 10.6 Å². The first kappa shape index (κ1) is 9.64. The van der Waals surface area contributed by atoms with Crippen molar-refractivity contribution in [2.24, 2.45) is 0 Å². The van der Waals surface area contributed by atoms with E-state index in [9.17, 15) is 9.59 Å². The molecule has 2 heterocycles. The number of rotatable bonds is 1. The van der Waals surface area contributed by atoms with Gasteiger partial charge in [-0.25, -0.2) is 0 Å². The van der Waals surface area contributed by atoms with Crippen LogP contribution in [0.3, 0.4) is 0 Å². The van der Waals surface area contributed by atoms with Crippen LogP contribution in [0.25, 0.3) is 0 Å². The molecular weight excluding hydrogens is 194 g/mol. The van der Waals surface area contributed by atoms with E-state index in [4.69, 9.17) is 0 Å². The highest BCUT2D eigenvalue weighted by atomic mass is 16.2. The highest BCUT2D eigenvalue weighted by Crippen LogP contribution is 2.28. The molecule has 5 nitrogen and oxygen atoms in total. The molecule has 15 heavy (non-hydrogen) atoms. The Balaban J connectivity index is 2.83. The molecule has 1 aromatic heterocycles. The third-order valence-corrected chi connectivity index (χ3v) is 2.49. The Morgan fingerprint density at radius 2 is 1.67 bits per heavy atom. The number of anilines is 1. The fourth-order valence-corrected chi connectivity index (χ4v) is 1.89. The summed E-state index contributed by atoms with van der Waals surface area (Å²) in [4.78, 5) is 27.3. The van der Waals surface area contributed by atoms with Gasteiger partial charge in [-0.15, -0.1) is 0 Å². The molecule has 0 atom stereocenters. The second-order valence-electron chi connectivity index (χ2n) is 3.44. The largest absolute Gasteiger partial charge is 0.386 e. The van der Waals surface area contributed by atoms with Crippen molar-refractivity contribution in [3.63, 3.8) is 0 Å². The summed E-state index contributed by atoms with van der Waals surface area (Å²) in [6, 6.07) is 0. The number of aromatic nitrogens is 1. The number of aryl methyl sites for hydroxylation is 2. The number of amides is 2. The van der Waals surface area contributed by atoms with Gasteiger partial charge in [0.1, 0.15) is 0 Å². The number of carbonyl (C=O) groups is 2. The molecule has 0 aliphatic carbocycles. The Bertz CT molecular complexity index is 480. The minimum atomic E-state index is -0.364. The number of nitrogens with zero attached hydrogens (tertiary/aromatic N) is 1. The van der Waals surface area contributed by atoms with Crippen molar-refractivity contribution >= 4 is 17.5 Å². The van der Waals surface area contributed by atoms with E-state index in [0.29, 0.717) is 22.5 Å². The number of nitrogens with one attached hydrogen (secondary N) is 2. The molecule has 0 radical (unpaired) electrons. The lowest BCUT2D eigenvalue weighted by Crippen LogP contribution is -2.20. The Labute approximate surface area is 86.9 Å². The first-order chi connectivity index (χ1) is 7.06. The average molecular weight is 205 g/mol. The minimum absolute atomic E-state index is 0.354. The van der Waals surface area contributed by atoms with Gasteiger partial charge in [0.15, 0.2) is 0 Å². The van der Waals surface area contributed by atoms with E-state index in [0.717, 1.165) is 5.69 Å². The Morgan fingerprint density at radius 1 is 1.07 bits per heavy atom. The molecule has 1 aliphatic rings. The van der Waals surface area contributed by atoms with Crippen molar-refractivity contribution < 1.29 is 9.59 Å². The molecule has 0 aromatic carbocycles. The van der Waals surface area contributed by atoms with Crippen LogP contribution in [-0.2, 0) is 0 Å². The third kappa shape index (κ3) is 1.20. The zero-order chi connectivity index (χ0) is 11.2. The molecule has 2 N–H and O–H groups in total. The van der Waals surface area contributed by atoms with Gasteiger partial charge in [0.05, 0.1) is 28.2 Å². The summed E-state index contributed by atoms with van der Waals surface area (Å²) >= 11 is 0. The van der Waals surface area contributed by atoms with Gasteiger partial charge in [0.2, 0.25) is 0 Å². The van der Waals surface area contributed by atoms with Gasteiger partial charge < -0.3 is 5.32 Å². The van der Waals surface area contributed by atoms with Crippen molar-refractivity contribution in [1.29, 1.82) is 0 Å². The van der Waals surface area contributed by atoms with Gasteiger partial charge in [-0.2, -0.15) is 0 Å². The van der Waals surface area contributed by atoms with Crippen molar-refractivity contribution in [2.45, 2.75) is 13.8 Å². The maximum atomic E-state index is 11.6. The van der Waals surface area contributed by atoms with Gasteiger partial charge in [-0.3, -0.25) is 19.9 Å². The number of fused-ring (bicyclic) bond motifs is 1. The number of imide groups is 1.